The van der Waals surface area contributed by atoms with Crippen molar-refractivity contribution in [2.24, 2.45) is 0 Å². The van der Waals surface area contributed by atoms with Gasteiger partial charge in [0, 0.05) is 19.4 Å². The Morgan fingerprint density at radius 1 is 1.38 bits per heavy atom. The van der Waals surface area contributed by atoms with Crippen LogP contribution in [0.2, 0.25) is 0 Å². The molecule has 2 rings (SSSR count). The van der Waals surface area contributed by atoms with E-state index in [9.17, 15) is 22.4 Å². The molecule has 1 aromatic rings. The van der Waals surface area contributed by atoms with Gasteiger partial charge in [-0.2, -0.15) is 17.9 Å². The molecule has 3 amide bonds. The number of imide groups is 1. The van der Waals surface area contributed by atoms with Gasteiger partial charge in [-0.3, -0.25) is 19.6 Å². The molecule has 21 heavy (non-hydrogen) atoms. The average Bonchev–Trinajstić information content (AvgIpc) is 2.37. The second-order valence-electron chi connectivity index (χ2n) is 4.30. The summed E-state index contributed by atoms with van der Waals surface area (Å²) in [6.45, 7) is -0.0228. The summed E-state index contributed by atoms with van der Waals surface area (Å²) in [4.78, 5) is 23.6. The fourth-order valence-corrected chi connectivity index (χ4v) is 2.21. The van der Waals surface area contributed by atoms with Gasteiger partial charge in [0.25, 0.3) is 16.1 Å². The minimum atomic E-state index is -4.19. The van der Waals surface area contributed by atoms with Gasteiger partial charge in [0.15, 0.2) is 0 Å². The summed E-state index contributed by atoms with van der Waals surface area (Å²) >= 11 is 0. The standard InChI is InChI=1S/C10H11FN4O5S/c11-9-7(15-3-1-8(16)12-10(15)17)5-6(13-14-9)2-4-21(18,19)20/h5H,1-4H2,(H,12,16,17)(H,18,19,20). The van der Waals surface area contributed by atoms with Gasteiger partial charge in [0.2, 0.25) is 5.91 Å². The van der Waals surface area contributed by atoms with E-state index >= 15 is 0 Å². The van der Waals surface area contributed by atoms with Crippen LogP contribution in [0.4, 0.5) is 14.9 Å². The molecule has 1 aromatic heterocycles. The number of aromatic nitrogens is 2. The summed E-state index contributed by atoms with van der Waals surface area (Å²) in [5.41, 5.74) is -0.117. The Kier molecular flexibility index (Phi) is 4.14. The molecule has 0 aromatic carbocycles. The monoisotopic (exact) mass is 318 g/mol. The fourth-order valence-electron chi connectivity index (χ4n) is 1.74. The number of aryl methyl sites for hydroxylation is 1. The molecule has 0 bridgehead atoms. The van der Waals surface area contributed by atoms with Gasteiger partial charge in [0.05, 0.1) is 11.4 Å². The first-order valence-electron chi connectivity index (χ1n) is 5.85. The smallest absolute Gasteiger partial charge is 0.289 e. The number of anilines is 1. The second kappa shape index (κ2) is 5.69. The normalized spacial score (nSPS) is 16.0. The molecular formula is C10H11FN4O5S. The number of carbonyl (C=O) groups is 2. The van der Waals surface area contributed by atoms with Crippen LogP contribution in [0.25, 0.3) is 0 Å². The average molecular weight is 318 g/mol. The van der Waals surface area contributed by atoms with Crippen molar-refractivity contribution in [3.8, 4) is 0 Å². The number of urea groups is 1. The van der Waals surface area contributed by atoms with E-state index in [4.69, 9.17) is 4.55 Å². The Morgan fingerprint density at radius 2 is 2.10 bits per heavy atom. The molecule has 1 saturated heterocycles. The third-order valence-electron chi connectivity index (χ3n) is 2.74. The molecule has 2 N–H and O–H groups in total. The maximum atomic E-state index is 13.7. The summed E-state index contributed by atoms with van der Waals surface area (Å²) in [5.74, 6) is -2.09. The van der Waals surface area contributed by atoms with Crippen molar-refractivity contribution in [1.82, 2.24) is 15.5 Å². The number of halogens is 1. The van der Waals surface area contributed by atoms with E-state index in [1.807, 2.05) is 5.32 Å². The zero-order valence-corrected chi connectivity index (χ0v) is 11.4. The van der Waals surface area contributed by atoms with Crippen LogP contribution < -0.4 is 10.2 Å². The van der Waals surface area contributed by atoms with E-state index in [-0.39, 0.29) is 30.8 Å². The minimum Gasteiger partial charge on any atom is -0.289 e. The number of nitrogens with zero attached hydrogens (tertiary/aromatic N) is 3. The Morgan fingerprint density at radius 3 is 2.71 bits per heavy atom. The lowest BCUT2D eigenvalue weighted by molar-refractivity contribution is -0.120. The minimum absolute atomic E-state index is 0.00779. The van der Waals surface area contributed by atoms with Crippen molar-refractivity contribution in [1.29, 1.82) is 0 Å². The first-order valence-corrected chi connectivity index (χ1v) is 7.46. The molecule has 0 radical (unpaired) electrons. The van der Waals surface area contributed by atoms with Gasteiger partial charge in [-0.25, -0.2) is 4.79 Å². The van der Waals surface area contributed by atoms with Crippen LogP contribution in [0.3, 0.4) is 0 Å². The third kappa shape index (κ3) is 3.92. The molecule has 0 atom stereocenters. The molecule has 1 aliphatic heterocycles. The highest BCUT2D eigenvalue weighted by Gasteiger charge is 2.27. The van der Waals surface area contributed by atoms with Crippen LogP contribution in [-0.4, -0.2) is 47.4 Å². The Labute approximate surface area is 118 Å². The van der Waals surface area contributed by atoms with Crippen molar-refractivity contribution in [2.45, 2.75) is 12.8 Å². The topological polar surface area (TPSA) is 130 Å². The van der Waals surface area contributed by atoms with E-state index in [0.29, 0.717) is 0 Å². The predicted octanol–water partition coefficient (Wildman–Crippen LogP) is -0.508. The number of rotatable bonds is 4. The van der Waals surface area contributed by atoms with Crippen molar-refractivity contribution >= 4 is 27.7 Å². The van der Waals surface area contributed by atoms with Crippen molar-refractivity contribution in [3.63, 3.8) is 0 Å². The van der Waals surface area contributed by atoms with Gasteiger partial charge < -0.3 is 0 Å². The highest BCUT2D eigenvalue weighted by Crippen LogP contribution is 2.20. The first kappa shape index (κ1) is 15.3. The van der Waals surface area contributed by atoms with Gasteiger partial charge in [-0.05, 0) is 6.07 Å². The molecule has 0 unspecified atom stereocenters. The molecular weight excluding hydrogens is 307 g/mol. The number of amides is 3. The summed E-state index contributed by atoms with van der Waals surface area (Å²) in [7, 11) is -4.19. The van der Waals surface area contributed by atoms with Crippen LogP contribution in [0, 0.1) is 5.95 Å². The van der Waals surface area contributed by atoms with Gasteiger partial charge >= 0.3 is 6.03 Å². The second-order valence-corrected chi connectivity index (χ2v) is 5.87. The summed E-state index contributed by atoms with van der Waals surface area (Å²) < 4.78 is 43.6. The van der Waals surface area contributed by atoms with E-state index < -0.39 is 33.8 Å². The lowest BCUT2D eigenvalue weighted by Crippen LogP contribution is -2.50. The zero-order valence-electron chi connectivity index (χ0n) is 10.6. The largest absolute Gasteiger partial charge is 0.328 e. The van der Waals surface area contributed by atoms with Crippen LogP contribution in [0.1, 0.15) is 12.1 Å². The van der Waals surface area contributed by atoms with Crippen LogP contribution in [0.15, 0.2) is 6.07 Å². The number of carbonyl (C=O) groups excluding carboxylic acids is 2. The summed E-state index contributed by atoms with van der Waals surface area (Å²) in [6, 6.07) is 0.363. The van der Waals surface area contributed by atoms with Crippen molar-refractivity contribution in [3.05, 3.63) is 17.7 Å². The Balaban J connectivity index is 2.23. The van der Waals surface area contributed by atoms with Gasteiger partial charge in [-0.15, -0.1) is 5.10 Å². The number of hydrogen-bond donors (Lipinski definition) is 2. The molecule has 0 saturated carbocycles. The zero-order chi connectivity index (χ0) is 15.6. The molecule has 1 aliphatic rings. The SMILES string of the molecule is O=C1CCN(c2cc(CCS(=O)(=O)O)nnc2F)C(=O)N1. The van der Waals surface area contributed by atoms with Crippen molar-refractivity contribution in [2.75, 3.05) is 17.2 Å². The molecule has 2 heterocycles. The Bertz CT molecular complexity index is 693. The van der Waals surface area contributed by atoms with Gasteiger partial charge in [0.1, 0.15) is 5.69 Å². The summed E-state index contributed by atoms with van der Waals surface area (Å²) in [6.07, 6.45) is -0.179. The van der Waals surface area contributed by atoms with Crippen LogP contribution >= 0.6 is 0 Å². The van der Waals surface area contributed by atoms with Gasteiger partial charge in [-0.1, -0.05) is 0 Å². The Hall–Kier alpha value is -2.14. The maximum Gasteiger partial charge on any atom is 0.328 e. The van der Waals surface area contributed by atoms with Crippen LogP contribution in [0.5, 0.6) is 0 Å². The third-order valence-corrected chi connectivity index (χ3v) is 3.46. The summed E-state index contributed by atoms with van der Waals surface area (Å²) in [5, 5.41) is 8.69. The van der Waals surface area contributed by atoms with E-state index in [2.05, 4.69) is 10.2 Å². The maximum absolute atomic E-state index is 13.7. The molecule has 11 heteroatoms. The first-order chi connectivity index (χ1) is 9.76. The van der Waals surface area contributed by atoms with E-state index in [0.717, 1.165) is 11.0 Å². The quantitative estimate of drug-likeness (QED) is 0.715. The van der Waals surface area contributed by atoms with Crippen LogP contribution in [-0.2, 0) is 21.3 Å². The highest BCUT2D eigenvalue weighted by atomic mass is 32.2. The molecule has 1 fully saturated rings. The predicted molar refractivity (Wildman–Crippen MR) is 67.6 cm³/mol. The van der Waals surface area contributed by atoms with Crippen molar-refractivity contribution < 1.29 is 27.0 Å². The lowest BCUT2D eigenvalue weighted by Gasteiger charge is -2.26. The molecule has 0 aliphatic carbocycles. The van der Waals surface area contributed by atoms with E-state index in [1.54, 1.807) is 0 Å². The highest BCUT2D eigenvalue weighted by molar-refractivity contribution is 7.85. The molecule has 114 valence electrons. The fraction of sp³-hybridized carbons (Fsp3) is 0.400. The lowest BCUT2D eigenvalue weighted by atomic mass is 10.2. The van der Waals surface area contributed by atoms with E-state index in [1.165, 1.54) is 0 Å². The molecule has 0 spiro atoms. The number of hydrogen-bond acceptors (Lipinski definition) is 6. The number of nitrogens with one attached hydrogen (secondary N) is 1. The molecule has 9 nitrogen and oxygen atoms in total.